The Kier molecular flexibility index (Phi) is 4.41. The van der Waals surface area contributed by atoms with E-state index in [1.54, 1.807) is 24.3 Å². The van der Waals surface area contributed by atoms with Crippen molar-refractivity contribution in [2.75, 3.05) is 17.2 Å². The Labute approximate surface area is 143 Å². The summed E-state index contributed by atoms with van der Waals surface area (Å²) >= 11 is 0. The molecule has 0 aliphatic carbocycles. The summed E-state index contributed by atoms with van der Waals surface area (Å²) in [6.45, 7) is -0.113. The van der Waals surface area contributed by atoms with E-state index in [-0.39, 0.29) is 35.2 Å². The van der Waals surface area contributed by atoms with Gasteiger partial charge in [0.05, 0.1) is 17.0 Å². The fourth-order valence-corrected chi connectivity index (χ4v) is 3.72. The molecule has 1 aromatic heterocycles. The number of aromatic nitrogens is 1. The second-order valence-corrected chi connectivity index (χ2v) is 7.39. The number of aromatic carboxylic acids is 1. The number of rotatable bonds is 3. The van der Waals surface area contributed by atoms with Crippen LogP contribution in [0.3, 0.4) is 0 Å². The lowest BCUT2D eigenvalue weighted by molar-refractivity contribution is 0.0696. The van der Waals surface area contributed by atoms with Gasteiger partial charge in [0.2, 0.25) is 0 Å². The van der Waals surface area contributed by atoms with Gasteiger partial charge in [0, 0.05) is 12.7 Å². The molecule has 3 rings (SSSR count). The Morgan fingerprint density at radius 2 is 1.96 bits per heavy atom. The Morgan fingerprint density at radius 3 is 2.64 bits per heavy atom. The minimum Gasteiger partial charge on any atom is -0.478 e. The second-order valence-electron chi connectivity index (χ2n) is 5.36. The SMILES string of the molecule is O=C(O)c1cnc2c(c1)N(C(=O)OCc1ccccc1)CCS2(=O)=O. The average molecular weight is 362 g/mol. The van der Waals surface area contributed by atoms with Crippen LogP contribution in [0.25, 0.3) is 0 Å². The molecule has 25 heavy (non-hydrogen) atoms. The predicted octanol–water partition coefficient (Wildman–Crippen LogP) is 1.71. The second kappa shape index (κ2) is 6.52. The first-order valence-electron chi connectivity index (χ1n) is 7.33. The number of hydrogen-bond donors (Lipinski definition) is 1. The van der Waals surface area contributed by atoms with E-state index < -0.39 is 21.9 Å². The van der Waals surface area contributed by atoms with E-state index >= 15 is 0 Å². The summed E-state index contributed by atoms with van der Waals surface area (Å²) < 4.78 is 29.4. The molecule has 1 N–H and O–H groups in total. The van der Waals surface area contributed by atoms with Crippen LogP contribution in [0.2, 0.25) is 0 Å². The van der Waals surface area contributed by atoms with Gasteiger partial charge in [-0.1, -0.05) is 30.3 Å². The number of pyridine rings is 1. The minimum absolute atomic E-state index is 0.0182. The molecule has 1 aliphatic heterocycles. The molecule has 0 bridgehead atoms. The van der Waals surface area contributed by atoms with Crippen LogP contribution in [0.1, 0.15) is 15.9 Å². The highest BCUT2D eigenvalue weighted by atomic mass is 32.2. The van der Waals surface area contributed by atoms with E-state index in [1.165, 1.54) is 0 Å². The van der Waals surface area contributed by atoms with Crippen molar-refractivity contribution >= 4 is 27.6 Å². The van der Waals surface area contributed by atoms with E-state index in [4.69, 9.17) is 9.84 Å². The zero-order valence-electron chi connectivity index (χ0n) is 13.0. The molecule has 0 saturated heterocycles. The lowest BCUT2D eigenvalue weighted by Gasteiger charge is -2.27. The van der Waals surface area contributed by atoms with Crippen molar-refractivity contribution in [3.63, 3.8) is 0 Å². The van der Waals surface area contributed by atoms with E-state index in [9.17, 15) is 18.0 Å². The topological polar surface area (TPSA) is 114 Å². The first-order valence-corrected chi connectivity index (χ1v) is 8.98. The van der Waals surface area contributed by atoms with Crippen LogP contribution >= 0.6 is 0 Å². The van der Waals surface area contributed by atoms with E-state index in [0.29, 0.717) is 0 Å². The van der Waals surface area contributed by atoms with Gasteiger partial charge in [-0.25, -0.2) is 23.0 Å². The number of carboxylic acids is 1. The number of sulfone groups is 1. The lowest BCUT2D eigenvalue weighted by Crippen LogP contribution is -2.40. The molecule has 1 amide bonds. The van der Waals surface area contributed by atoms with Crippen LogP contribution in [0.15, 0.2) is 47.6 Å². The van der Waals surface area contributed by atoms with Crippen LogP contribution in [-0.2, 0) is 21.2 Å². The Morgan fingerprint density at radius 1 is 1.24 bits per heavy atom. The third-order valence-electron chi connectivity index (χ3n) is 3.67. The first-order chi connectivity index (χ1) is 11.9. The Bertz CT molecular complexity index is 927. The fourth-order valence-electron chi connectivity index (χ4n) is 2.41. The quantitative estimate of drug-likeness (QED) is 0.884. The number of hydrogen-bond acceptors (Lipinski definition) is 6. The highest BCUT2D eigenvalue weighted by Crippen LogP contribution is 2.30. The summed E-state index contributed by atoms with van der Waals surface area (Å²) in [7, 11) is -3.67. The van der Waals surface area contributed by atoms with E-state index in [2.05, 4.69) is 4.98 Å². The molecular formula is C16H14N2O6S. The Balaban J connectivity index is 1.89. The highest BCUT2D eigenvalue weighted by molar-refractivity contribution is 7.91. The summed E-state index contributed by atoms with van der Waals surface area (Å²) in [5, 5.41) is 8.75. The highest BCUT2D eigenvalue weighted by Gasteiger charge is 2.34. The molecule has 0 fully saturated rings. The van der Waals surface area contributed by atoms with Crippen molar-refractivity contribution < 1.29 is 27.9 Å². The largest absolute Gasteiger partial charge is 0.478 e. The number of anilines is 1. The molecule has 8 nitrogen and oxygen atoms in total. The monoisotopic (exact) mass is 362 g/mol. The Hall–Kier alpha value is -2.94. The number of fused-ring (bicyclic) bond motifs is 1. The van der Waals surface area contributed by atoms with Crippen LogP contribution < -0.4 is 4.90 Å². The maximum atomic E-state index is 12.4. The van der Waals surface area contributed by atoms with Gasteiger partial charge in [0.1, 0.15) is 6.61 Å². The van der Waals surface area contributed by atoms with Gasteiger partial charge >= 0.3 is 12.1 Å². The zero-order chi connectivity index (χ0) is 18.0. The van der Waals surface area contributed by atoms with Gasteiger partial charge in [-0.3, -0.25) is 4.90 Å². The molecule has 1 aliphatic rings. The summed E-state index contributed by atoms with van der Waals surface area (Å²) in [5.41, 5.74) is 0.485. The summed E-state index contributed by atoms with van der Waals surface area (Å²) in [6.07, 6.45) is 0.196. The molecule has 0 atom stereocenters. The van der Waals surface area contributed by atoms with Gasteiger partial charge in [-0.05, 0) is 11.6 Å². The zero-order valence-corrected chi connectivity index (χ0v) is 13.8. The maximum Gasteiger partial charge on any atom is 0.414 e. The van der Waals surface area contributed by atoms with Crippen molar-refractivity contribution in [3.8, 4) is 0 Å². The van der Waals surface area contributed by atoms with Crippen molar-refractivity contribution in [2.45, 2.75) is 11.6 Å². The minimum atomic E-state index is -3.67. The molecular weight excluding hydrogens is 348 g/mol. The van der Waals surface area contributed by atoms with Crippen molar-refractivity contribution in [2.24, 2.45) is 0 Å². The third-order valence-corrected chi connectivity index (χ3v) is 5.30. The smallest absolute Gasteiger partial charge is 0.414 e. The number of nitrogens with zero attached hydrogens (tertiary/aromatic N) is 2. The normalized spacial score (nSPS) is 15.3. The van der Waals surface area contributed by atoms with Crippen LogP contribution in [-0.4, -0.2) is 42.9 Å². The van der Waals surface area contributed by atoms with Gasteiger partial charge in [-0.15, -0.1) is 0 Å². The van der Waals surface area contributed by atoms with Gasteiger partial charge in [0.25, 0.3) is 0 Å². The van der Waals surface area contributed by atoms with Gasteiger partial charge < -0.3 is 9.84 Å². The fraction of sp³-hybridized carbons (Fsp3) is 0.188. The number of carboxylic acid groups (broad SMARTS) is 1. The van der Waals surface area contributed by atoms with Crippen molar-refractivity contribution in [1.82, 2.24) is 4.98 Å². The maximum absolute atomic E-state index is 12.4. The summed E-state index contributed by atoms with van der Waals surface area (Å²) in [5.74, 6) is -1.57. The average Bonchev–Trinajstić information content (AvgIpc) is 2.60. The molecule has 0 unspecified atom stereocenters. The van der Waals surface area contributed by atoms with E-state index in [0.717, 1.165) is 22.7 Å². The predicted molar refractivity (Wildman–Crippen MR) is 87.2 cm³/mol. The number of benzene rings is 1. The number of carbonyl (C=O) groups is 2. The molecule has 130 valence electrons. The number of carbonyl (C=O) groups excluding carboxylic acids is 1. The summed E-state index contributed by atoms with van der Waals surface area (Å²) in [6, 6.07) is 10.1. The number of amides is 1. The molecule has 0 radical (unpaired) electrons. The van der Waals surface area contributed by atoms with Crippen LogP contribution in [0.5, 0.6) is 0 Å². The van der Waals surface area contributed by atoms with Crippen molar-refractivity contribution in [3.05, 3.63) is 53.7 Å². The molecule has 9 heteroatoms. The first kappa shape index (κ1) is 16.9. The molecule has 1 aromatic carbocycles. The molecule has 0 spiro atoms. The standard InChI is InChI=1S/C16H14N2O6S/c19-15(20)12-8-13-14(17-9-12)25(22,23)7-6-18(13)16(21)24-10-11-4-2-1-3-5-11/h1-5,8-9H,6-7,10H2,(H,19,20). The third kappa shape index (κ3) is 3.45. The van der Waals surface area contributed by atoms with E-state index in [1.807, 2.05) is 6.07 Å². The summed E-state index contributed by atoms with van der Waals surface area (Å²) in [4.78, 5) is 28.3. The molecule has 2 heterocycles. The van der Waals surface area contributed by atoms with Crippen molar-refractivity contribution in [1.29, 1.82) is 0 Å². The number of ether oxygens (including phenoxy) is 1. The molecule has 2 aromatic rings. The van der Waals surface area contributed by atoms with Crippen LogP contribution in [0.4, 0.5) is 10.5 Å². The van der Waals surface area contributed by atoms with Gasteiger partial charge in [-0.2, -0.15) is 0 Å². The lowest BCUT2D eigenvalue weighted by atomic mass is 10.2. The van der Waals surface area contributed by atoms with Gasteiger partial charge in [0.15, 0.2) is 14.9 Å². The molecule has 0 saturated carbocycles. The van der Waals surface area contributed by atoms with Crippen LogP contribution in [0, 0.1) is 0 Å².